The average molecular weight is 440 g/mol. The Bertz CT molecular complexity index is 759. The van der Waals surface area contributed by atoms with Crippen molar-refractivity contribution in [2.75, 3.05) is 11.9 Å². The molecule has 2 aromatic carbocycles. The van der Waals surface area contributed by atoms with Crippen LogP contribution in [0.15, 0.2) is 35.3 Å². The van der Waals surface area contributed by atoms with Gasteiger partial charge in [0.1, 0.15) is 17.3 Å². The second-order valence-corrected chi connectivity index (χ2v) is 6.86. The van der Waals surface area contributed by atoms with Crippen molar-refractivity contribution in [3.63, 3.8) is 0 Å². The first-order chi connectivity index (χ1) is 11.4. The van der Waals surface area contributed by atoms with E-state index in [1.165, 1.54) is 6.07 Å². The summed E-state index contributed by atoms with van der Waals surface area (Å²) in [5.41, 5.74) is 3.09. The first-order valence-corrected chi connectivity index (χ1v) is 9.00. The third-order valence-electron chi connectivity index (χ3n) is 3.53. The first kappa shape index (κ1) is 18.7. The van der Waals surface area contributed by atoms with Crippen molar-refractivity contribution in [2.24, 2.45) is 4.99 Å². The third-order valence-corrected chi connectivity index (χ3v) is 4.36. The summed E-state index contributed by atoms with van der Waals surface area (Å²) in [5, 5.41) is 3.34. The summed E-state index contributed by atoms with van der Waals surface area (Å²) in [6.45, 7) is 8.91. The molecule has 0 heterocycles. The van der Waals surface area contributed by atoms with E-state index in [-0.39, 0.29) is 5.82 Å². The monoisotopic (exact) mass is 440 g/mol. The zero-order valence-corrected chi connectivity index (χ0v) is 16.6. The number of anilines is 1. The number of hydrogen-bond acceptors (Lipinski definition) is 2. The molecular formula is C19H22FIN2O. The molecule has 5 heteroatoms. The van der Waals surface area contributed by atoms with E-state index >= 15 is 0 Å². The molecule has 0 saturated heterocycles. The predicted molar refractivity (Wildman–Crippen MR) is 107 cm³/mol. The summed E-state index contributed by atoms with van der Waals surface area (Å²) in [6, 6.07) is 8.78. The van der Waals surface area contributed by atoms with Gasteiger partial charge in [-0.05, 0) is 91.2 Å². The normalized spacial score (nSPS) is 11.5. The molecule has 0 atom stereocenters. The molecule has 0 spiro atoms. The van der Waals surface area contributed by atoms with Gasteiger partial charge >= 0.3 is 0 Å². The SMILES string of the molecule is CCCN=C(C)Nc1cc(C)c(Oc2ccc(F)c(I)c2)cc1C. The first-order valence-electron chi connectivity index (χ1n) is 7.93. The Morgan fingerprint density at radius 3 is 2.62 bits per heavy atom. The molecule has 0 aliphatic carbocycles. The minimum absolute atomic E-state index is 0.239. The van der Waals surface area contributed by atoms with Crippen LogP contribution in [0, 0.1) is 23.2 Å². The molecule has 128 valence electrons. The van der Waals surface area contributed by atoms with Crippen LogP contribution in [-0.2, 0) is 0 Å². The standard InChI is InChI=1S/C19H22FIN2O/c1-5-8-22-14(4)23-18-9-13(3)19(10-12(18)2)24-15-6-7-16(20)17(21)11-15/h6-7,9-11H,5,8H2,1-4H3,(H,22,23). The molecule has 1 N–H and O–H groups in total. The van der Waals surface area contributed by atoms with Crippen molar-refractivity contribution in [1.29, 1.82) is 0 Å². The van der Waals surface area contributed by atoms with Gasteiger partial charge in [-0.15, -0.1) is 0 Å². The topological polar surface area (TPSA) is 33.6 Å². The number of rotatable bonds is 5. The molecule has 0 aliphatic heterocycles. The van der Waals surface area contributed by atoms with Gasteiger partial charge in [-0.25, -0.2) is 4.39 Å². The van der Waals surface area contributed by atoms with E-state index in [0.29, 0.717) is 9.32 Å². The Morgan fingerprint density at radius 2 is 1.96 bits per heavy atom. The van der Waals surface area contributed by atoms with Gasteiger partial charge in [0, 0.05) is 12.2 Å². The van der Waals surface area contributed by atoms with Gasteiger partial charge in [-0.3, -0.25) is 4.99 Å². The Balaban J connectivity index is 2.21. The average Bonchev–Trinajstić information content (AvgIpc) is 2.53. The van der Waals surface area contributed by atoms with E-state index in [1.807, 2.05) is 55.5 Å². The number of halogens is 2. The highest BCUT2D eigenvalue weighted by atomic mass is 127. The van der Waals surface area contributed by atoms with Gasteiger partial charge in [-0.1, -0.05) is 6.92 Å². The predicted octanol–water partition coefficient (Wildman–Crippen LogP) is 6.08. The number of aryl methyl sites for hydroxylation is 2. The maximum absolute atomic E-state index is 13.4. The van der Waals surface area contributed by atoms with E-state index in [9.17, 15) is 4.39 Å². The fourth-order valence-corrected chi connectivity index (χ4v) is 2.70. The molecule has 2 aromatic rings. The van der Waals surface area contributed by atoms with Crippen LogP contribution in [0.5, 0.6) is 11.5 Å². The number of nitrogens with zero attached hydrogens (tertiary/aromatic N) is 1. The van der Waals surface area contributed by atoms with Crippen molar-refractivity contribution >= 4 is 34.1 Å². The molecule has 2 rings (SSSR count). The Morgan fingerprint density at radius 1 is 1.21 bits per heavy atom. The molecule has 0 amide bonds. The molecule has 0 aliphatic rings. The van der Waals surface area contributed by atoms with Gasteiger partial charge < -0.3 is 10.1 Å². The van der Waals surface area contributed by atoms with E-state index < -0.39 is 0 Å². The number of aliphatic imine (C=N–C) groups is 1. The lowest BCUT2D eigenvalue weighted by atomic mass is 10.1. The number of hydrogen-bond donors (Lipinski definition) is 1. The lowest BCUT2D eigenvalue weighted by Gasteiger charge is -2.15. The molecule has 0 fully saturated rings. The van der Waals surface area contributed by atoms with Gasteiger partial charge in [0.2, 0.25) is 0 Å². The molecule has 0 saturated carbocycles. The van der Waals surface area contributed by atoms with E-state index in [0.717, 1.165) is 41.4 Å². The zero-order valence-electron chi connectivity index (χ0n) is 14.4. The third kappa shape index (κ3) is 4.93. The van der Waals surface area contributed by atoms with Crippen molar-refractivity contribution in [3.05, 3.63) is 50.8 Å². The van der Waals surface area contributed by atoms with Crippen molar-refractivity contribution in [2.45, 2.75) is 34.1 Å². The maximum Gasteiger partial charge on any atom is 0.136 e. The summed E-state index contributed by atoms with van der Waals surface area (Å²) in [7, 11) is 0. The summed E-state index contributed by atoms with van der Waals surface area (Å²) in [4.78, 5) is 4.45. The quantitative estimate of drug-likeness (QED) is 0.347. The molecule has 24 heavy (non-hydrogen) atoms. The second kappa shape index (κ2) is 8.46. The summed E-state index contributed by atoms with van der Waals surface area (Å²) < 4.78 is 19.8. The van der Waals surface area contributed by atoms with E-state index in [2.05, 4.69) is 17.2 Å². The highest BCUT2D eigenvalue weighted by Crippen LogP contribution is 2.31. The van der Waals surface area contributed by atoms with Crippen LogP contribution in [0.2, 0.25) is 0 Å². The van der Waals surface area contributed by atoms with Gasteiger partial charge in [0.25, 0.3) is 0 Å². The van der Waals surface area contributed by atoms with Crippen LogP contribution in [0.4, 0.5) is 10.1 Å². The fourth-order valence-electron chi connectivity index (χ4n) is 2.22. The molecule has 0 unspecified atom stereocenters. The lowest BCUT2D eigenvalue weighted by molar-refractivity contribution is 0.476. The van der Waals surface area contributed by atoms with Crippen molar-refractivity contribution in [3.8, 4) is 11.5 Å². The zero-order chi connectivity index (χ0) is 17.7. The second-order valence-electron chi connectivity index (χ2n) is 5.70. The molecule has 3 nitrogen and oxygen atoms in total. The summed E-state index contributed by atoms with van der Waals surface area (Å²) in [6.07, 6.45) is 1.03. The summed E-state index contributed by atoms with van der Waals surface area (Å²) >= 11 is 1.96. The van der Waals surface area contributed by atoms with Crippen LogP contribution >= 0.6 is 22.6 Å². The van der Waals surface area contributed by atoms with Gasteiger partial charge in [0.15, 0.2) is 0 Å². The van der Waals surface area contributed by atoms with Crippen LogP contribution < -0.4 is 10.1 Å². The smallest absolute Gasteiger partial charge is 0.136 e. The highest BCUT2D eigenvalue weighted by molar-refractivity contribution is 14.1. The fraction of sp³-hybridized carbons (Fsp3) is 0.316. The van der Waals surface area contributed by atoms with Crippen LogP contribution in [0.1, 0.15) is 31.4 Å². The highest BCUT2D eigenvalue weighted by Gasteiger charge is 2.09. The molecule has 0 radical (unpaired) electrons. The maximum atomic E-state index is 13.4. The van der Waals surface area contributed by atoms with Crippen LogP contribution in [0.25, 0.3) is 0 Å². The molecular weight excluding hydrogens is 418 g/mol. The van der Waals surface area contributed by atoms with Crippen LogP contribution in [0.3, 0.4) is 0 Å². The number of benzene rings is 2. The largest absolute Gasteiger partial charge is 0.457 e. The Hall–Kier alpha value is -1.63. The van der Waals surface area contributed by atoms with Gasteiger partial charge in [-0.2, -0.15) is 0 Å². The van der Waals surface area contributed by atoms with E-state index in [1.54, 1.807) is 12.1 Å². The number of ether oxygens (including phenoxy) is 1. The minimum Gasteiger partial charge on any atom is -0.457 e. The Labute approximate surface area is 156 Å². The lowest BCUT2D eigenvalue weighted by Crippen LogP contribution is -2.09. The van der Waals surface area contributed by atoms with Crippen LogP contribution in [-0.4, -0.2) is 12.4 Å². The molecule has 0 bridgehead atoms. The molecule has 0 aromatic heterocycles. The number of nitrogens with one attached hydrogen (secondary N) is 1. The van der Waals surface area contributed by atoms with E-state index in [4.69, 9.17) is 4.74 Å². The minimum atomic E-state index is -0.239. The summed E-state index contributed by atoms with van der Waals surface area (Å²) in [5.74, 6) is 2.06. The van der Waals surface area contributed by atoms with Gasteiger partial charge in [0.05, 0.1) is 9.41 Å². The number of amidine groups is 1. The van der Waals surface area contributed by atoms with Crippen molar-refractivity contribution in [1.82, 2.24) is 0 Å². The Kier molecular flexibility index (Phi) is 6.60. The van der Waals surface area contributed by atoms with Crippen molar-refractivity contribution < 1.29 is 9.13 Å².